The average molecular weight is 423 g/mol. The molecule has 0 radical (unpaired) electrons. The Balaban J connectivity index is 1.81. The average Bonchev–Trinajstić information content (AvgIpc) is 2.61. The van der Waals surface area contributed by atoms with Crippen molar-refractivity contribution in [2.75, 3.05) is 17.8 Å². The minimum absolute atomic E-state index is 0.177. The second-order valence-corrected chi connectivity index (χ2v) is 11.1. The van der Waals surface area contributed by atoms with Crippen LogP contribution in [0.15, 0.2) is 52.3 Å². The van der Waals surface area contributed by atoms with Crippen LogP contribution in [0, 0.1) is 19.8 Å². The molecule has 1 aliphatic heterocycles. The lowest BCUT2D eigenvalue weighted by Gasteiger charge is -2.30. The zero-order chi connectivity index (χ0) is 20.5. The first-order valence-electron chi connectivity index (χ1n) is 9.30. The molecule has 1 unspecified atom stereocenters. The number of aryl methyl sites for hydroxylation is 2. The summed E-state index contributed by atoms with van der Waals surface area (Å²) in [6.45, 7) is 6.74. The number of sulfonamides is 2. The summed E-state index contributed by atoms with van der Waals surface area (Å²) >= 11 is 0. The number of rotatable bonds is 5. The Kier molecular flexibility index (Phi) is 5.84. The summed E-state index contributed by atoms with van der Waals surface area (Å²) in [7, 11) is -7.31. The molecular formula is C20H26N2O4S2. The summed E-state index contributed by atoms with van der Waals surface area (Å²) in [5.74, 6) is 0.340. The second-order valence-electron chi connectivity index (χ2n) is 7.51. The molecule has 0 aliphatic carbocycles. The minimum atomic E-state index is -3.75. The summed E-state index contributed by atoms with van der Waals surface area (Å²) in [4.78, 5) is 0.383. The fraction of sp³-hybridized carbons (Fsp3) is 0.400. The lowest BCUT2D eigenvalue weighted by atomic mass is 10.0. The fourth-order valence-electron chi connectivity index (χ4n) is 3.52. The van der Waals surface area contributed by atoms with E-state index in [1.54, 1.807) is 19.1 Å². The van der Waals surface area contributed by atoms with Crippen molar-refractivity contribution in [2.24, 2.45) is 5.92 Å². The maximum Gasteiger partial charge on any atom is 0.262 e. The Morgan fingerprint density at radius 2 is 1.68 bits per heavy atom. The molecule has 0 saturated carbocycles. The van der Waals surface area contributed by atoms with E-state index in [0.29, 0.717) is 30.3 Å². The Hall–Kier alpha value is -1.90. The van der Waals surface area contributed by atoms with Crippen molar-refractivity contribution in [2.45, 2.75) is 43.4 Å². The van der Waals surface area contributed by atoms with E-state index < -0.39 is 20.0 Å². The summed E-state index contributed by atoms with van der Waals surface area (Å²) in [6.07, 6.45) is 1.89. The number of hydrogen-bond donors (Lipinski definition) is 1. The van der Waals surface area contributed by atoms with Gasteiger partial charge in [0.05, 0.1) is 9.79 Å². The van der Waals surface area contributed by atoms with Crippen molar-refractivity contribution < 1.29 is 16.8 Å². The van der Waals surface area contributed by atoms with Crippen LogP contribution in [0.4, 0.5) is 5.69 Å². The van der Waals surface area contributed by atoms with Gasteiger partial charge in [-0.3, -0.25) is 4.72 Å². The standard InChI is InChI=1S/C20H26N2O4S2/c1-15-6-11-20(17(3)13-15)27(23,24)21-18-7-9-19(10-8-18)28(25,26)22-12-4-5-16(2)14-22/h6-11,13,16,21H,4-5,12,14H2,1-3H3. The van der Waals surface area contributed by atoms with E-state index in [9.17, 15) is 16.8 Å². The van der Waals surface area contributed by atoms with Gasteiger partial charge in [0.1, 0.15) is 0 Å². The van der Waals surface area contributed by atoms with Crippen LogP contribution in [0.2, 0.25) is 0 Å². The van der Waals surface area contributed by atoms with Crippen LogP contribution < -0.4 is 4.72 Å². The third-order valence-corrected chi connectivity index (χ3v) is 8.40. The summed E-state index contributed by atoms with van der Waals surface area (Å²) in [5, 5.41) is 0. The van der Waals surface area contributed by atoms with Gasteiger partial charge >= 0.3 is 0 Å². The minimum Gasteiger partial charge on any atom is -0.280 e. The van der Waals surface area contributed by atoms with Crippen molar-refractivity contribution in [1.29, 1.82) is 0 Å². The zero-order valence-electron chi connectivity index (χ0n) is 16.3. The number of anilines is 1. The smallest absolute Gasteiger partial charge is 0.262 e. The Labute approximate surface area is 167 Å². The molecule has 1 heterocycles. The predicted octanol–water partition coefficient (Wildman–Crippen LogP) is 3.52. The highest BCUT2D eigenvalue weighted by Gasteiger charge is 2.28. The van der Waals surface area contributed by atoms with Gasteiger partial charge in [-0.05, 0) is 68.5 Å². The SMILES string of the molecule is Cc1ccc(S(=O)(=O)Nc2ccc(S(=O)(=O)N3CCCC(C)C3)cc2)c(C)c1. The van der Waals surface area contributed by atoms with Crippen LogP contribution in [0.25, 0.3) is 0 Å². The molecule has 0 spiro atoms. The van der Waals surface area contributed by atoms with Crippen molar-refractivity contribution in [3.05, 3.63) is 53.6 Å². The molecular weight excluding hydrogens is 396 g/mol. The van der Waals surface area contributed by atoms with Crippen LogP contribution in [0.3, 0.4) is 0 Å². The zero-order valence-corrected chi connectivity index (χ0v) is 18.0. The van der Waals surface area contributed by atoms with Gasteiger partial charge in [-0.15, -0.1) is 0 Å². The second kappa shape index (κ2) is 7.85. The molecule has 0 aromatic heterocycles. The first-order chi connectivity index (χ1) is 13.1. The molecule has 1 saturated heterocycles. The first-order valence-corrected chi connectivity index (χ1v) is 12.2. The molecule has 3 rings (SSSR count). The maximum absolute atomic E-state index is 12.8. The monoisotopic (exact) mass is 422 g/mol. The van der Waals surface area contributed by atoms with Crippen molar-refractivity contribution in [3.8, 4) is 0 Å². The Morgan fingerprint density at radius 3 is 2.29 bits per heavy atom. The molecule has 152 valence electrons. The van der Waals surface area contributed by atoms with E-state index in [4.69, 9.17) is 0 Å². The molecule has 0 bridgehead atoms. The lowest BCUT2D eigenvalue weighted by molar-refractivity contribution is 0.281. The van der Waals surface area contributed by atoms with Crippen LogP contribution >= 0.6 is 0 Å². The summed E-state index contributed by atoms with van der Waals surface area (Å²) in [6, 6.07) is 11.0. The maximum atomic E-state index is 12.8. The van der Waals surface area contributed by atoms with Crippen LogP contribution in [0.1, 0.15) is 30.9 Å². The van der Waals surface area contributed by atoms with E-state index >= 15 is 0 Å². The highest BCUT2D eigenvalue weighted by atomic mass is 32.2. The van der Waals surface area contributed by atoms with E-state index in [-0.39, 0.29) is 9.79 Å². The highest BCUT2D eigenvalue weighted by molar-refractivity contribution is 7.92. The van der Waals surface area contributed by atoms with E-state index in [1.807, 2.05) is 19.9 Å². The van der Waals surface area contributed by atoms with Crippen LogP contribution in [-0.4, -0.2) is 34.2 Å². The molecule has 8 heteroatoms. The van der Waals surface area contributed by atoms with Crippen LogP contribution in [0.5, 0.6) is 0 Å². The lowest BCUT2D eigenvalue weighted by Crippen LogP contribution is -2.39. The normalized spacial score (nSPS) is 18.8. The molecule has 1 N–H and O–H groups in total. The number of benzene rings is 2. The molecule has 2 aromatic carbocycles. The van der Waals surface area contributed by atoms with E-state index in [2.05, 4.69) is 4.72 Å². The highest BCUT2D eigenvalue weighted by Crippen LogP contribution is 2.25. The number of hydrogen-bond acceptors (Lipinski definition) is 4. The van der Waals surface area contributed by atoms with Crippen LogP contribution in [-0.2, 0) is 20.0 Å². The van der Waals surface area contributed by atoms with Gasteiger partial charge in [-0.25, -0.2) is 16.8 Å². The first kappa shape index (κ1) is 20.8. The van der Waals surface area contributed by atoms with Gasteiger partial charge in [0.2, 0.25) is 10.0 Å². The molecule has 1 aliphatic rings. The van der Waals surface area contributed by atoms with Gasteiger partial charge < -0.3 is 0 Å². The van der Waals surface area contributed by atoms with Gasteiger partial charge in [0.15, 0.2) is 0 Å². The van der Waals surface area contributed by atoms with Gasteiger partial charge in [0, 0.05) is 18.8 Å². The summed E-state index contributed by atoms with van der Waals surface area (Å²) < 4.78 is 55.0. The summed E-state index contributed by atoms with van der Waals surface area (Å²) in [5.41, 5.74) is 1.97. The third kappa shape index (κ3) is 4.39. The van der Waals surface area contributed by atoms with Gasteiger partial charge in [-0.1, -0.05) is 24.6 Å². The Bertz CT molecular complexity index is 1060. The van der Waals surface area contributed by atoms with Crippen molar-refractivity contribution >= 4 is 25.7 Å². The molecule has 1 fully saturated rings. The molecule has 1 atom stereocenters. The van der Waals surface area contributed by atoms with Gasteiger partial charge in [0.25, 0.3) is 10.0 Å². The molecule has 28 heavy (non-hydrogen) atoms. The van der Waals surface area contributed by atoms with E-state index in [1.165, 1.54) is 28.6 Å². The Morgan fingerprint density at radius 1 is 1.00 bits per heavy atom. The fourth-order valence-corrected chi connectivity index (χ4v) is 6.40. The number of piperidine rings is 1. The van der Waals surface area contributed by atoms with E-state index in [0.717, 1.165) is 18.4 Å². The number of nitrogens with zero attached hydrogens (tertiary/aromatic N) is 1. The predicted molar refractivity (Wildman–Crippen MR) is 110 cm³/mol. The molecule has 0 amide bonds. The molecule has 2 aromatic rings. The van der Waals surface area contributed by atoms with Crippen molar-refractivity contribution in [3.63, 3.8) is 0 Å². The largest absolute Gasteiger partial charge is 0.280 e. The quantitative estimate of drug-likeness (QED) is 0.799. The topological polar surface area (TPSA) is 83.5 Å². The molecule has 6 nitrogen and oxygen atoms in total. The van der Waals surface area contributed by atoms with Crippen molar-refractivity contribution in [1.82, 2.24) is 4.31 Å². The third-order valence-electron chi connectivity index (χ3n) is 4.98. The number of nitrogens with one attached hydrogen (secondary N) is 1. The van der Waals surface area contributed by atoms with Gasteiger partial charge in [-0.2, -0.15) is 4.31 Å².